The second-order valence-electron chi connectivity index (χ2n) is 7.06. The maximum atomic E-state index is 13.4. The van der Waals surface area contributed by atoms with Crippen LogP contribution in [0.4, 0.5) is 4.39 Å². The summed E-state index contributed by atoms with van der Waals surface area (Å²) in [7, 11) is 1.64. The van der Waals surface area contributed by atoms with Crippen molar-refractivity contribution < 1.29 is 13.9 Å². The third kappa shape index (κ3) is 3.17. The van der Waals surface area contributed by atoms with Crippen LogP contribution in [0.3, 0.4) is 0 Å². The third-order valence-electron chi connectivity index (χ3n) is 5.34. The molecule has 6 heteroatoms. The Bertz CT molecular complexity index is 1100. The molecule has 0 aromatic heterocycles. The third-order valence-corrected chi connectivity index (χ3v) is 5.96. The number of hydrogen-bond acceptors (Lipinski definition) is 4. The number of nitrogens with zero attached hydrogens (tertiary/aromatic N) is 2. The highest BCUT2D eigenvalue weighted by Crippen LogP contribution is 2.47. The number of hydrogen-bond donors (Lipinski definition) is 0. The van der Waals surface area contributed by atoms with Crippen LogP contribution < -0.4 is 9.47 Å². The first-order valence-corrected chi connectivity index (χ1v) is 10.1. The lowest BCUT2D eigenvalue weighted by molar-refractivity contribution is -0.0190. The first kappa shape index (κ1) is 18.2. The van der Waals surface area contributed by atoms with Crippen molar-refractivity contribution in [3.63, 3.8) is 0 Å². The van der Waals surface area contributed by atoms with Crippen molar-refractivity contribution in [1.82, 2.24) is 5.01 Å². The van der Waals surface area contributed by atoms with Gasteiger partial charge in [0, 0.05) is 17.5 Å². The van der Waals surface area contributed by atoms with E-state index in [2.05, 4.69) is 22.0 Å². The van der Waals surface area contributed by atoms with Gasteiger partial charge in [-0.15, -0.1) is 0 Å². The Morgan fingerprint density at radius 1 is 1.10 bits per heavy atom. The van der Waals surface area contributed by atoms with E-state index in [0.29, 0.717) is 0 Å². The molecule has 146 valence electrons. The number of fused-ring (bicyclic) bond motifs is 3. The molecule has 3 aromatic rings. The largest absolute Gasteiger partial charge is 0.496 e. The normalized spacial score (nSPS) is 19.8. The standard InChI is InChI=1S/C23H18BrFN2O2/c1-28-22-11-8-15(12-18(22)24)23-27-20(17-4-2-3-5-21(17)29-23)13-19(26-27)14-6-9-16(25)10-7-14/h2-12,20,23H,13H2,1H3/t20-,23-/m1/s1. The van der Waals surface area contributed by atoms with Crippen molar-refractivity contribution in [3.05, 3.63) is 93.7 Å². The first-order valence-electron chi connectivity index (χ1n) is 9.35. The van der Waals surface area contributed by atoms with Gasteiger partial charge in [-0.25, -0.2) is 9.40 Å². The fraction of sp³-hybridized carbons (Fsp3) is 0.174. The summed E-state index contributed by atoms with van der Waals surface area (Å²) in [6.07, 6.45) is 0.370. The van der Waals surface area contributed by atoms with Gasteiger partial charge in [-0.2, -0.15) is 5.10 Å². The molecule has 29 heavy (non-hydrogen) atoms. The van der Waals surface area contributed by atoms with Gasteiger partial charge in [-0.3, -0.25) is 0 Å². The maximum absolute atomic E-state index is 13.4. The van der Waals surface area contributed by atoms with Gasteiger partial charge in [-0.05, 0) is 57.9 Å². The van der Waals surface area contributed by atoms with Crippen LogP contribution in [0.25, 0.3) is 0 Å². The molecule has 2 heterocycles. The van der Waals surface area contributed by atoms with Crippen molar-refractivity contribution in [3.8, 4) is 11.5 Å². The summed E-state index contributed by atoms with van der Waals surface area (Å²) in [4.78, 5) is 0. The number of halogens is 2. The van der Waals surface area contributed by atoms with E-state index in [1.54, 1.807) is 19.2 Å². The molecule has 0 N–H and O–H groups in total. The second kappa shape index (κ2) is 7.19. The molecular weight excluding hydrogens is 435 g/mol. The summed E-state index contributed by atoms with van der Waals surface area (Å²) in [5, 5.41) is 6.90. The van der Waals surface area contributed by atoms with Crippen LogP contribution in [0.5, 0.6) is 11.5 Å². The van der Waals surface area contributed by atoms with Gasteiger partial charge in [0.2, 0.25) is 6.23 Å². The fourth-order valence-electron chi connectivity index (χ4n) is 3.91. The molecule has 0 spiro atoms. The van der Waals surface area contributed by atoms with E-state index in [9.17, 15) is 4.39 Å². The lowest BCUT2D eigenvalue weighted by Gasteiger charge is -2.38. The van der Waals surface area contributed by atoms with Crippen molar-refractivity contribution >= 4 is 21.6 Å². The van der Waals surface area contributed by atoms with E-state index in [1.807, 2.05) is 41.4 Å². The maximum Gasteiger partial charge on any atom is 0.213 e. The van der Waals surface area contributed by atoms with E-state index in [1.165, 1.54) is 12.1 Å². The molecule has 5 rings (SSSR count). The minimum Gasteiger partial charge on any atom is -0.496 e. The summed E-state index contributed by atoms with van der Waals surface area (Å²) in [5.74, 6) is 1.37. The monoisotopic (exact) mass is 452 g/mol. The minimum absolute atomic E-state index is 0.0610. The molecule has 2 atom stereocenters. The molecule has 0 amide bonds. The van der Waals surface area contributed by atoms with Crippen molar-refractivity contribution in [2.45, 2.75) is 18.7 Å². The Hall–Kier alpha value is -2.86. The summed E-state index contributed by atoms with van der Waals surface area (Å²) in [5.41, 5.74) is 3.93. The quantitative estimate of drug-likeness (QED) is 0.500. The molecular formula is C23H18BrFN2O2. The molecule has 0 saturated carbocycles. The Kier molecular flexibility index (Phi) is 4.51. The predicted octanol–water partition coefficient (Wildman–Crippen LogP) is 5.84. The lowest BCUT2D eigenvalue weighted by Crippen LogP contribution is -2.33. The van der Waals surface area contributed by atoms with Crippen LogP contribution in [-0.2, 0) is 0 Å². The highest BCUT2D eigenvalue weighted by molar-refractivity contribution is 9.10. The minimum atomic E-state index is -0.366. The molecule has 4 nitrogen and oxygen atoms in total. The van der Waals surface area contributed by atoms with Crippen LogP contribution in [-0.4, -0.2) is 17.8 Å². The van der Waals surface area contributed by atoms with Crippen LogP contribution in [0.15, 0.2) is 76.3 Å². The van der Waals surface area contributed by atoms with Crippen LogP contribution in [0.2, 0.25) is 0 Å². The van der Waals surface area contributed by atoms with Gasteiger partial charge in [0.1, 0.15) is 17.3 Å². The molecule has 2 aliphatic heterocycles. The van der Waals surface area contributed by atoms with Gasteiger partial charge in [0.25, 0.3) is 0 Å². The SMILES string of the molecule is COc1ccc([C@H]2Oc3ccccc3[C@H]3CC(c4ccc(F)cc4)=NN32)cc1Br. The molecule has 0 radical (unpaired) electrons. The van der Waals surface area contributed by atoms with E-state index >= 15 is 0 Å². The zero-order chi connectivity index (χ0) is 20.0. The van der Waals surface area contributed by atoms with Gasteiger partial charge in [0.15, 0.2) is 0 Å². The number of hydrazone groups is 1. The molecule has 3 aromatic carbocycles. The summed E-state index contributed by atoms with van der Waals surface area (Å²) >= 11 is 3.56. The van der Waals surface area contributed by atoms with Crippen molar-refractivity contribution in [2.24, 2.45) is 5.10 Å². The van der Waals surface area contributed by atoms with E-state index < -0.39 is 0 Å². The number of ether oxygens (including phenoxy) is 2. The van der Waals surface area contributed by atoms with E-state index in [4.69, 9.17) is 14.6 Å². The molecule has 0 bridgehead atoms. The van der Waals surface area contributed by atoms with Crippen LogP contribution in [0, 0.1) is 5.82 Å². The van der Waals surface area contributed by atoms with Crippen molar-refractivity contribution in [2.75, 3.05) is 7.11 Å². The summed E-state index contributed by atoms with van der Waals surface area (Å²) < 4.78 is 25.9. The van der Waals surface area contributed by atoms with Crippen molar-refractivity contribution in [1.29, 1.82) is 0 Å². The molecule has 0 saturated heterocycles. The number of para-hydroxylation sites is 1. The Labute approximate surface area is 176 Å². The van der Waals surface area contributed by atoms with Crippen LogP contribution >= 0.6 is 15.9 Å². The zero-order valence-corrected chi connectivity index (χ0v) is 17.3. The van der Waals surface area contributed by atoms with E-state index in [0.717, 1.165) is 44.8 Å². The Morgan fingerprint density at radius 2 is 1.90 bits per heavy atom. The van der Waals surface area contributed by atoms with Gasteiger partial charge < -0.3 is 9.47 Å². The number of benzene rings is 3. The highest BCUT2D eigenvalue weighted by Gasteiger charge is 2.40. The molecule has 2 aliphatic rings. The average molecular weight is 453 g/mol. The Morgan fingerprint density at radius 3 is 2.66 bits per heavy atom. The highest BCUT2D eigenvalue weighted by atomic mass is 79.9. The Balaban J connectivity index is 1.58. The number of methoxy groups -OCH3 is 1. The average Bonchev–Trinajstić information content (AvgIpc) is 3.19. The van der Waals surface area contributed by atoms with Gasteiger partial charge in [-0.1, -0.05) is 30.3 Å². The second-order valence-corrected chi connectivity index (χ2v) is 7.91. The molecule has 0 aliphatic carbocycles. The smallest absolute Gasteiger partial charge is 0.213 e. The molecule has 0 unspecified atom stereocenters. The zero-order valence-electron chi connectivity index (χ0n) is 15.7. The summed E-state index contributed by atoms with van der Waals surface area (Å²) in [6, 6.07) is 20.5. The predicted molar refractivity (Wildman–Crippen MR) is 113 cm³/mol. The first-order chi connectivity index (χ1) is 14.1. The lowest BCUT2D eigenvalue weighted by atomic mass is 9.96. The fourth-order valence-corrected chi connectivity index (χ4v) is 4.47. The molecule has 0 fully saturated rings. The van der Waals surface area contributed by atoms with Gasteiger partial charge in [0.05, 0.1) is 23.3 Å². The van der Waals surface area contributed by atoms with E-state index in [-0.39, 0.29) is 18.1 Å². The summed E-state index contributed by atoms with van der Waals surface area (Å²) in [6.45, 7) is 0. The number of rotatable bonds is 3. The van der Waals surface area contributed by atoms with Gasteiger partial charge >= 0.3 is 0 Å². The topological polar surface area (TPSA) is 34.1 Å². The van der Waals surface area contributed by atoms with Crippen LogP contribution in [0.1, 0.15) is 35.4 Å².